The van der Waals surface area contributed by atoms with Crippen LogP contribution < -0.4 is 11.4 Å². The third kappa shape index (κ3) is 2.60. The summed E-state index contributed by atoms with van der Waals surface area (Å²) in [5.41, 5.74) is 7.33. The number of nitrogens with two attached hydrogens (primary N) is 1. The van der Waals surface area contributed by atoms with Gasteiger partial charge in [-0.25, -0.2) is 9.89 Å². The standard InChI is InChI=1S/C12H20N6OS/c1-5-6-17-11(19)14-15-12(17)20-10-9(13)8(4)16-18(10)7(2)3/h7H,5-6,13H2,1-4H3,(H,14,19). The highest BCUT2D eigenvalue weighted by Gasteiger charge is 2.19. The second kappa shape index (κ2) is 5.74. The molecular formula is C12H20N6OS. The number of anilines is 1. The average Bonchev–Trinajstić information content (AvgIpc) is 2.87. The quantitative estimate of drug-likeness (QED) is 0.877. The second-order valence-electron chi connectivity index (χ2n) is 4.91. The van der Waals surface area contributed by atoms with Crippen molar-refractivity contribution in [3.8, 4) is 0 Å². The average molecular weight is 296 g/mol. The van der Waals surface area contributed by atoms with Crippen molar-refractivity contribution < 1.29 is 0 Å². The minimum Gasteiger partial charge on any atom is -0.395 e. The Morgan fingerprint density at radius 2 is 2.15 bits per heavy atom. The number of aromatic amines is 1. The number of aromatic nitrogens is 5. The number of H-pyrrole nitrogens is 1. The number of rotatable bonds is 5. The predicted octanol–water partition coefficient (Wildman–Crippen LogP) is 1.80. The van der Waals surface area contributed by atoms with E-state index in [9.17, 15) is 4.79 Å². The molecule has 0 saturated carbocycles. The normalized spacial score (nSPS) is 11.4. The van der Waals surface area contributed by atoms with Gasteiger partial charge in [-0.15, -0.1) is 5.10 Å². The maximum atomic E-state index is 11.7. The maximum Gasteiger partial charge on any atom is 0.343 e. The molecule has 2 heterocycles. The zero-order valence-electron chi connectivity index (χ0n) is 12.2. The highest BCUT2D eigenvalue weighted by atomic mass is 32.2. The van der Waals surface area contributed by atoms with E-state index >= 15 is 0 Å². The van der Waals surface area contributed by atoms with Crippen LogP contribution in [0.15, 0.2) is 15.0 Å². The SMILES string of the molecule is CCCn1c(Sc2c(N)c(C)nn2C(C)C)n[nH]c1=O. The van der Waals surface area contributed by atoms with E-state index in [1.165, 1.54) is 11.8 Å². The van der Waals surface area contributed by atoms with Crippen LogP contribution in [0.1, 0.15) is 38.9 Å². The first-order valence-corrected chi connectivity index (χ1v) is 7.45. The molecule has 0 saturated heterocycles. The lowest BCUT2D eigenvalue weighted by Gasteiger charge is -2.10. The van der Waals surface area contributed by atoms with E-state index in [2.05, 4.69) is 15.3 Å². The molecule has 0 bridgehead atoms. The monoisotopic (exact) mass is 296 g/mol. The molecule has 3 N–H and O–H groups in total. The van der Waals surface area contributed by atoms with Gasteiger partial charge < -0.3 is 5.73 Å². The molecule has 0 aromatic carbocycles. The number of nitrogens with one attached hydrogen (secondary N) is 1. The van der Waals surface area contributed by atoms with E-state index in [4.69, 9.17) is 5.73 Å². The summed E-state index contributed by atoms with van der Waals surface area (Å²) in [4.78, 5) is 11.7. The van der Waals surface area contributed by atoms with Crippen molar-refractivity contribution in [3.05, 3.63) is 16.2 Å². The number of hydrogen-bond donors (Lipinski definition) is 2. The molecule has 7 nitrogen and oxygen atoms in total. The number of nitrogen functional groups attached to an aromatic ring is 1. The molecule has 110 valence electrons. The smallest absolute Gasteiger partial charge is 0.343 e. The molecule has 2 aromatic rings. The second-order valence-corrected chi connectivity index (χ2v) is 5.86. The molecule has 0 unspecified atom stereocenters. The highest BCUT2D eigenvalue weighted by Crippen LogP contribution is 2.33. The molecule has 0 fully saturated rings. The van der Waals surface area contributed by atoms with E-state index in [0.29, 0.717) is 17.4 Å². The molecule has 2 rings (SSSR count). The van der Waals surface area contributed by atoms with E-state index < -0.39 is 0 Å². The third-order valence-corrected chi connectivity index (χ3v) is 4.03. The zero-order chi connectivity index (χ0) is 14.9. The third-order valence-electron chi connectivity index (χ3n) is 2.93. The summed E-state index contributed by atoms with van der Waals surface area (Å²) in [6, 6.07) is 0.193. The zero-order valence-corrected chi connectivity index (χ0v) is 13.0. The predicted molar refractivity (Wildman–Crippen MR) is 79.0 cm³/mol. The van der Waals surface area contributed by atoms with Gasteiger partial charge >= 0.3 is 5.69 Å². The van der Waals surface area contributed by atoms with E-state index in [1.54, 1.807) is 4.57 Å². The van der Waals surface area contributed by atoms with E-state index in [0.717, 1.165) is 17.1 Å². The molecule has 0 radical (unpaired) electrons. The van der Waals surface area contributed by atoms with Gasteiger partial charge in [-0.1, -0.05) is 6.92 Å². The van der Waals surface area contributed by atoms with Crippen molar-refractivity contribution >= 4 is 17.4 Å². The summed E-state index contributed by atoms with van der Waals surface area (Å²) in [5.74, 6) is 0. The maximum absolute atomic E-state index is 11.7. The molecule has 0 aliphatic heterocycles. The van der Waals surface area contributed by atoms with Crippen molar-refractivity contribution in [3.63, 3.8) is 0 Å². The summed E-state index contributed by atoms with van der Waals surface area (Å²) >= 11 is 1.37. The Kier molecular flexibility index (Phi) is 4.22. The van der Waals surface area contributed by atoms with Crippen LogP contribution in [-0.4, -0.2) is 24.5 Å². The van der Waals surface area contributed by atoms with Gasteiger partial charge in [0.15, 0.2) is 5.16 Å². The molecule has 0 aliphatic rings. The van der Waals surface area contributed by atoms with Gasteiger partial charge in [-0.05, 0) is 39.0 Å². The van der Waals surface area contributed by atoms with Gasteiger partial charge in [0.25, 0.3) is 0 Å². The van der Waals surface area contributed by atoms with Crippen molar-refractivity contribution in [1.82, 2.24) is 24.5 Å². The molecule has 20 heavy (non-hydrogen) atoms. The van der Waals surface area contributed by atoms with Gasteiger partial charge in [-0.3, -0.25) is 9.25 Å². The first-order valence-electron chi connectivity index (χ1n) is 6.63. The molecule has 0 atom stereocenters. The Labute approximate surface area is 121 Å². The molecule has 2 aromatic heterocycles. The lowest BCUT2D eigenvalue weighted by Crippen LogP contribution is -2.17. The van der Waals surface area contributed by atoms with Crippen molar-refractivity contribution in [1.29, 1.82) is 0 Å². The van der Waals surface area contributed by atoms with Crippen LogP contribution in [0.5, 0.6) is 0 Å². The molecule has 0 aliphatic carbocycles. The fourth-order valence-corrected chi connectivity index (χ4v) is 3.03. The van der Waals surface area contributed by atoms with Crippen LogP contribution in [0, 0.1) is 6.92 Å². The van der Waals surface area contributed by atoms with Gasteiger partial charge in [0.05, 0.1) is 11.4 Å². The first kappa shape index (κ1) is 14.7. The van der Waals surface area contributed by atoms with Crippen molar-refractivity contribution in [2.45, 2.75) is 56.9 Å². The Morgan fingerprint density at radius 3 is 2.75 bits per heavy atom. The number of hydrogen-bond acceptors (Lipinski definition) is 5. The molecule has 8 heteroatoms. The Balaban J connectivity index is 2.42. The number of aryl methyl sites for hydroxylation is 1. The summed E-state index contributed by atoms with van der Waals surface area (Å²) in [6.45, 7) is 8.61. The summed E-state index contributed by atoms with van der Waals surface area (Å²) in [5, 5.41) is 12.4. The topological polar surface area (TPSA) is 94.5 Å². The minimum atomic E-state index is -0.194. The lowest BCUT2D eigenvalue weighted by atomic mass is 10.4. The van der Waals surface area contributed by atoms with Crippen LogP contribution in [0.3, 0.4) is 0 Å². The van der Waals surface area contributed by atoms with Gasteiger partial charge in [0.1, 0.15) is 5.03 Å². The minimum absolute atomic E-state index is 0.193. The van der Waals surface area contributed by atoms with Crippen LogP contribution in [0.4, 0.5) is 5.69 Å². The van der Waals surface area contributed by atoms with Crippen LogP contribution in [0.2, 0.25) is 0 Å². The Hall–Kier alpha value is -1.70. The summed E-state index contributed by atoms with van der Waals surface area (Å²) in [7, 11) is 0. The summed E-state index contributed by atoms with van der Waals surface area (Å²) in [6.07, 6.45) is 0.866. The van der Waals surface area contributed by atoms with Crippen LogP contribution in [0.25, 0.3) is 0 Å². The van der Waals surface area contributed by atoms with E-state index in [1.807, 2.05) is 32.4 Å². The summed E-state index contributed by atoms with van der Waals surface area (Å²) < 4.78 is 3.49. The fraction of sp³-hybridized carbons (Fsp3) is 0.583. The van der Waals surface area contributed by atoms with E-state index in [-0.39, 0.29) is 11.7 Å². The van der Waals surface area contributed by atoms with Crippen molar-refractivity contribution in [2.24, 2.45) is 0 Å². The molecular weight excluding hydrogens is 276 g/mol. The Bertz CT molecular complexity index is 653. The van der Waals surface area contributed by atoms with Crippen LogP contribution in [-0.2, 0) is 6.54 Å². The first-order chi connectivity index (χ1) is 9.45. The van der Waals surface area contributed by atoms with Gasteiger partial charge in [-0.2, -0.15) is 5.10 Å². The molecule has 0 spiro atoms. The Morgan fingerprint density at radius 1 is 1.45 bits per heavy atom. The number of nitrogens with zero attached hydrogens (tertiary/aromatic N) is 4. The van der Waals surface area contributed by atoms with Crippen molar-refractivity contribution in [2.75, 3.05) is 5.73 Å². The fourth-order valence-electron chi connectivity index (χ4n) is 1.88. The largest absolute Gasteiger partial charge is 0.395 e. The molecule has 0 amide bonds. The highest BCUT2D eigenvalue weighted by molar-refractivity contribution is 7.99. The lowest BCUT2D eigenvalue weighted by molar-refractivity contribution is 0.490. The van der Waals surface area contributed by atoms with Gasteiger partial charge in [0, 0.05) is 12.6 Å². The van der Waals surface area contributed by atoms with Gasteiger partial charge in [0.2, 0.25) is 0 Å². The van der Waals surface area contributed by atoms with Crippen LogP contribution >= 0.6 is 11.8 Å².